The summed E-state index contributed by atoms with van der Waals surface area (Å²) < 4.78 is 5.09. The molecule has 2 aliphatic carbocycles. The van der Waals surface area contributed by atoms with Gasteiger partial charge in [0.05, 0.1) is 17.2 Å². The van der Waals surface area contributed by atoms with Gasteiger partial charge in [0, 0.05) is 18.8 Å². The molecule has 0 saturated heterocycles. The third-order valence-corrected chi connectivity index (χ3v) is 4.49. The molecule has 0 N–H and O–H groups in total. The number of benzene rings is 1. The smallest absolute Gasteiger partial charge is 0.339 e. The van der Waals surface area contributed by atoms with Gasteiger partial charge < -0.3 is 9.64 Å². The van der Waals surface area contributed by atoms with E-state index in [1.165, 1.54) is 25.7 Å². The zero-order chi connectivity index (χ0) is 14.8. The van der Waals surface area contributed by atoms with Gasteiger partial charge in [-0.15, -0.1) is 0 Å². The molecular formula is C17H22ClNO2. The lowest BCUT2D eigenvalue weighted by Gasteiger charge is -2.25. The Kier molecular flexibility index (Phi) is 4.39. The molecule has 2 aliphatic rings. The van der Waals surface area contributed by atoms with E-state index >= 15 is 0 Å². The first kappa shape index (κ1) is 14.7. The van der Waals surface area contributed by atoms with Crippen LogP contribution < -0.4 is 4.90 Å². The molecule has 0 radical (unpaired) electrons. The average Bonchev–Trinajstić information content (AvgIpc) is 3.34. The van der Waals surface area contributed by atoms with Crippen molar-refractivity contribution in [1.82, 2.24) is 0 Å². The van der Waals surface area contributed by atoms with E-state index in [0.29, 0.717) is 17.2 Å². The Labute approximate surface area is 131 Å². The topological polar surface area (TPSA) is 29.5 Å². The van der Waals surface area contributed by atoms with Gasteiger partial charge in [-0.1, -0.05) is 11.6 Å². The molecule has 0 heterocycles. The number of rotatable bonds is 7. The Morgan fingerprint density at radius 3 is 2.38 bits per heavy atom. The fourth-order valence-corrected chi connectivity index (χ4v) is 2.78. The molecule has 2 fully saturated rings. The number of hydrogen-bond donors (Lipinski definition) is 0. The van der Waals surface area contributed by atoms with Crippen molar-refractivity contribution in [3.05, 3.63) is 28.8 Å². The maximum absolute atomic E-state index is 12.0. The van der Waals surface area contributed by atoms with Crippen molar-refractivity contribution in [1.29, 1.82) is 0 Å². The number of hydrogen-bond acceptors (Lipinski definition) is 3. The number of carbonyl (C=O) groups is 1. The Morgan fingerprint density at radius 1 is 1.24 bits per heavy atom. The fraction of sp³-hybridized carbons (Fsp3) is 0.588. The van der Waals surface area contributed by atoms with Gasteiger partial charge in [0.2, 0.25) is 0 Å². The van der Waals surface area contributed by atoms with Crippen molar-refractivity contribution in [3.8, 4) is 0 Å². The predicted octanol–water partition coefficient (Wildman–Crippen LogP) is 4.14. The van der Waals surface area contributed by atoms with Crippen LogP contribution in [0.5, 0.6) is 0 Å². The maximum Gasteiger partial charge on any atom is 0.339 e. The summed E-state index contributed by atoms with van der Waals surface area (Å²) in [6, 6.07) is 5.73. The Hall–Kier alpha value is -1.22. The number of halogens is 1. The fourth-order valence-electron chi connectivity index (χ4n) is 2.58. The highest BCUT2D eigenvalue weighted by molar-refractivity contribution is 6.33. The molecule has 0 atom stereocenters. The molecule has 0 unspecified atom stereocenters. The van der Waals surface area contributed by atoms with Gasteiger partial charge in [-0.3, -0.25) is 0 Å². The largest absolute Gasteiger partial charge is 0.462 e. The molecule has 1 aromatic rings. The van der Waals surface area contributed by atoms with Gasteiger partial charge >= 0.3 is 5.97 Å². The second-order valence-electron chi connectivity index (χ2n) is 6.18. The van der Waals surface area contributed by atoms with Crippen LogP contribution in [0.2, 0.25) is 5.02 Å². The first-order valence-corrected chi connectivity index (χ1v) is 8.26. The summed E-state index contributed by atoms with van der Waals surface area (Å²) >= 11 is 6.15. The number of carbonyl (C=O) groups excluding carboxylic acids is 1. The minimum Gasteiger partial charge on any atom is -0.462 e. The van der Waals surface area contributed by atoms with Crippen LogP contribution in [0.25, 0.3) is 0 Å². The molecular weight excluding hydrogens is 286 g/mol. The zero-order valence-corrected chi connectivity index (χ0v) is 13.2. The number of nitrogens with zero attached hydrogens (tertiary/aromatic N) is 1. The van der Waals surface area contributed by atoms with Crippen LogP contribution in [0.15, 0.2) is 18.2 Å². The lowest BCUT2D eigenvalue weighted by atomic mass is 10.1. The first-order chi connectivity index (χ1) is 10.2. The van der Waals surface area contributed by atoms with Crippen LogP contribution in [0.1, 0.15) is 43.0 Å². The second kappa shape index (κ2) is 6.27. The van der Waals surface area contributed by atoms with Crippen molar-refractivity contribution >= 4 is 23.3 Å². The highest BCUT2D eigenvalue weighted by atomic mass is 35.5. The van der Waals surface area contributed by atoms with Crippen molar-refractivity contribution in [2.45, 2.75) is 32.6 Å². The van der Waals surface area contributed by atoms with Crippen molar-refractivity contribution in [2.24, 2.45) is 11.8 Å². The molecule has 1 aromatic carbocycles. The molecule has 0 amide bonds. The van der Waals surface area contributed by atoms with Gasteiger partial charge in [-0.05, 0) is 62.6 Å². The average molecular weight is 308 g/mol. The molecule has 0 bridgehead atoms. The van der Waals surface area contributed by atoms with Gasteiger partial charge in [0.15, 0.2) is 0 Å². The summed E-state index contributed by atoms with van der Waals surface area (Å²) in [4.78, 5) is 14.4. The van der Waals surface area contributed by atoms with Crippen LogP contribution in [0.3, 0.4) is 0 Å². The molecule has 0 spiro atoms. The Balaban J connectivity index is 1.80. The van der Waals surface area contributed by atoms with Crippen LogP contribution in [0.4, 0.5) is 5.69 Å². The standard InChI is InChI=1S/C17H22ClNO2/c1-2-21-17(20)15-9-14(7-8-16(15)18)19(10-12-3-4-12)11-13-5-6-13/h7-9,12-13H,2-6,10-11H2,1H3. The van der Waals surface area contributed by atoms with Gasteiger partial charge in [-0.2, -0.15) is 0 Å². The highest BCUT2D eigenvalue weighted by Gasteiger charge is 2.29. The summed E-state index contributed by atoms with van der Waals surface area (Å²) in [5, 5.41) is 0.468. The zero-order valence-electron chi connectivity index (χ0n) is 12.5. The molecule has 21 heavy (non-hydrogen) atoms. The van der Waals surface area contributed by atoms with Crippen molar-refractivity contribution in [2.75, 3.05) is 24.6 Å². The number of anilines is 1. The van der Waals surface area contributed by atoms with E-state index in [2.05, 4.69) is 4.90 Å². The van der Waals surface area contributed by atoms with E-state index in [4.69, 9.17) is 16.3 Å². The lowest BCUT2D eigenvalue weighted by Crippen LogP contribution is -2.28. The Bertz CT molecular complexity index is 510. The Morgan fingerprint density at radius 2 is 1.86 bits per heavy atom. The second-order valence-corrected chi connectivity index (χ2v) is 6.58. The molecule has 3 rings (SSSR count). The number of ether oxygens (including phenoxy) is 1. The van der Waals surface area contributed by atoms with E-state index in [1.807, 2.05) is 25.1 Å². The quantitative estimate of drug-likeness (QED) is 0.709. The van der Waals surface area contributed by atoms with Gasteiger partial charge in [0.1, 0.15) is 0 Å². The molecule has 0 aliphatic heterocycles. The third kappa shape index (κ3) is 3.91. The molecule has 3 nitrogen and oxygen atoms in total. The summed E-state index contributed by atoms with van der Waals surface area (Å²) in [5.41, 5.74) is 1.58. The minimum atomic E-state index is -0.331. The van der Waals surface area contributed by atoms with Crippen LogP contribution >= 0.6 is 11.6 Å². The van der Waals surface area contributed by atoms with E-state index < -0.39 is 0 Å². The van der Waals surface area contributed by atoms with Gasteiger partial charge in [0.25, 0.3) is 0 Å². The van der Waals surface area contributed by atoms with E-state index in [-0.39, 0.29) is 5.97 Å². The lowest BCUT2D eigenvalue weighted by molar-refractivity contribution is 0.0526. The maximum atomic E-state index is 12.0. The SMILES string of the molecule is CCOC(=O)c1cc(N(CC2CC2)CC2CC2)ccc1Cl. The third-order valence-electron chi connectivity index (χ3n) is 4.16. The van der Waals surface area contributed by atoms with Crippen molar-refractivity contribution in [3.63, 3.8) is 0 Å². The summed E-state index contributed by atoms with van der Waals surface area (Å²) in [6.07, 6.45) is 5.33. The van der Waals surface area contributed by atoms with E-state index in [1.54, 1.807) is 0 Å². The molecule has 4 heteroatoms. The predicted molar refractivity (Wildman–Crippen MR) is 85.1 cm³/mol. The van der Waals surface area contributed by atoms with Crippen LogP contribution in [-0.4, -0.2) is 25.7 Å². The normalized spacial score (nSPS) is 17.6. The molecule has 0 aromatic heterocycles. The summed E-state index contributed by atoms with van der Waals surface area (Å²) in [5.74, 6) is 1.32. The first-order valence-electron chi connectivity index (χ1n) is 7.89. The minimum absolute atomic E-state index is 0.331. The van der Waals surface area contributed by atoms with Gasteiger partial charge in [-0.25, -0.2) is 4.79 Å². The summed E-state index contributed by atoms with van der Waals surface area (Å²) in [7, 11) is 0. The number of esters is 1. The molecule has 114 valence electrons. The molecule has 2 saturated carbocycles. The summed E-state index contributed by atoms with van der Waals surface area (Å²) in [6.45, 7) is 4.37. The monoisotopic (exact) mass is 307 g/mol. The highest BCUT2D eigenvalue weighted by Crippen LogP contribution is 2.36. The van der Waals surface area contributed by atoms with Crippen molar-refractivity contribution < 1.29 is 9.53 Å². The van der Waals surface area contributed by atoms with Crippen LogP contribution in [-0.2, 0) is 4.74 Å². The van der Waals surface area contributed by atoms with E-state index in [0.717, 1.165) is 30.6 Å². The van der Waals surface area contributed by atoms with Crippen LogP contribution in [0, 0.1) is 11.8 Å². The van der Waals surface area contributed by atoms with E-state index in [9.17, 15) is 4.79 Å².